The summed E-state index contributed by atoms with van der Waals surface area (Å²) in [5.74, 6) is 1.96. The van der Waals surface area contributed by atoms with Crippen LogP contribution in [-0.4, -0.2) is 76.9 Å². The first-order valence-electron chi connectivity index (χ1n) is 11.0. The number of benzene rings is 2. The van der Waals surface area contributed by atoms with Gasteiger partial charge in [-0.2, -0.15) is 0 Å². The third-order valence-corrected chi connectivity index (χ3v) is 6.12. The van der Waals surface area contributed by atoms with Crippen molar-refractivity contribution in [1.29, 1.82) is 0 Å². The summed E-state index contributed by atoms with van der Waals surface area (Å²) < 4.78 is 16.1. The van der Waals surface area contributed by atoms with E-state index in [2.05, 4.69) is 10.2 Å². The highest BCUT2D eigenvalue weighted by Crippen LogP contribution is 2.33. The van der Waals surface area contributed by atoms with Gasteiger partial charge in [0.15, 0.2) is 11.5 Å². The Morgan fingerprint density at radius 3 is 2.30 bits per heavy atom. The summed E-state index contributed by atoms with van der Waals surface area (Å²) in [5, 5.41) is 3.03. The summed E-state index contributed by atoms with van der Waals surface area (Å²) in [4.78, 5) is 31.2. The van der Waals surface area contributed by atoms with Crippen LogP contribution in [0.15, 0.2) is 42.5 Å². The molecule has 1 atom stereocenters. The van der Waals surface area contributed by atoms with Gasteiger partial charge in [0.25, 0.3) is 0 Å². The zero-order valence-electron chi connectivity index (χ0n) is 19.2. The highest BCUT2D eigenvalue weighted by atomic mass is 16.5. The average molecular weight is 455 g/mol. The maximum absolute atomic E-state index is 12.9. The standard InChI is InChI=1S/C24H30N4O5/c1-31-20-7-5-4-6-19(20)26-10-12-27(13-11-26)24(30)25-17-14-23(29)28(16-17)18-8-9-21(32-2)22(15-18)33-3/h4-9,15,17H,10-14,16H2,1-3H3,(H,25,30)/t17-/m0/s1. The lowest BCUT2D eigenvalue weighted by atomic mass is 10.2. The quantitative estimate of drug-likeness (QED) is 0.722. The maximum Gasteiger partial charge on any atom is 0.317 e. The smallest absolute Gasteiger partial charge is 0.317 e. The van der Waals surface area contributed by atoms with Crippen LogP contribution in [0.1, 0.15) is 6.42 Å². The summed E-state index contributed by atoms with van der Waals surface area (Å²) in [7, 11) is 4.79. The monoisotopic (exact) mass is 454 g/mol. The molecule has 0 unspecified atom stereocenters. The molecule has 0 bridgehead atoms. The topological polar surface area (TPSA) is 83.6 Å². The Morgan fingerprint density at radius 1 is 0.909 bits per heavy atom. The first kappa shape index (κ1) is 22.6. The highest BCUT2D eigenvalue weighted by Gasteiger charge is 2.33. The number of para-hydroxylation sites is 2. The van der Waals surface area contributed by atoms with Crippen LogP contribution in [0.2, 0.25) is 0 Å². The fourth-order valence-electron chi connectivity index (χ4n) is 4.35. The Morgan fingerprint density at radius 2 is 1.61 bits per heavy atom. The van der Waals surface area contributed by atoms with E-state index >= 15 is 0 Å². The lowest BCUT2D eigenvalue weighted by Gasteiger charge is -2.37. The summed E-state index contributed by atoms with van der Waals surface area (Å²) in [6.07, 6.45) is 0.265. The number of carbonyl (C=O) groups excluding carboxylic acids is 2. The lowest BCUT2D eigenvalue weighted by molar-refractivity contribution is -0.117. The molecule has 4 rings (SSSR count). The van der Waals surface area contributed by atoms with Crippen LogP contribution in [0.3, 0.4) is 0 Å². The number of hydrogen-bond acceptors (Lipinski definition) is 6. The second-order valence-corrected chi connectivity index (χ2v) is 8.04. The predicted octanol–water partition coefficient (Wildman–Crippen LogP) is 2.35. The molecule has 33 heavy (non-hydrogen) atoms. The van der Waals surface area contributed by atoms with E-state index in [1.54, 1.807) is 43.3 Å². The first-order valence-corrected chi connectivity index (χ1v) is 11.0. The molecule has 2 aliphatic rings. The van der Waals surface area contributed by atoms with E-state index < -0.39 is 0 Å². The van der Waals surface area contributed by atoms with Gasteiger partial charge in [-0.05, 0) is 24.3 Å². The number of hydrogen-bond donors (Lipinski definition) is 1. The Kier molecular flexibility index (Phi) is 6.76. The van der Waals surface area contributed by atoms with Gasteiger partial charge in [0.2, 0.25) is 5.91 Å². The molecule has 9 nitrogen and oxygen atoms in total. The number of ether oxygens (including phenoxy) is 3. The van der Waals surface area contributed by atoms with Gasteiger partial charge in [-0.3, -0.25) is 4.79 Å². The minimum absolute atomic E-state index is 0.0338. The van der Waals surface area contributed by atoms with Gasteiger partial charge in [0.1, 0.15) is 5.75 Å². The van der Waals surface area contributed by atoms with Gasteiger partial charge < -0.3 is 34.2 Å². The number of amides is 3. The minimum Gasteiger partial charge on any atom is -0.495 e. The molecule has 1 N–H and O–H groups in total. The van der Waals surface area contributed by atoms with Crippen molar-refractivity contribution in [3.8, 4) is 17.2 Å². The molecule has 2 aromatic rings. The molecule has 2 aromatic carbocycles. The molecular formula is C24H30N4O5. The molecule has 0 radical (unpaired) electrons. The van der Waals surface area contributed by atoms with E-state index in [0.29, 0.717) is 31.1 Å². The van der Waals surface area contributed by atoms with Crippen LogP contribution in [0.5, 0.6) is 17.2 Å². The summed E-state index contributed by atoms with van der Waals surface area (Å²) in [6.45, 7) is 3.05. The zero-order valence-corrected chi connectivity index (χ0v) is 19.2. The lowest BCUT2D eigenvalue weighted by Crippen LogP contribution is -2.54. The molecular weight excluding hydrogens is 424 g/mol. The van der Waals surface area contributed by atoms with E-state index in [9.17, 15) is 9.59 Å². The third kappa shape index (κ3) is 4.76. The van der Waals surface area contributed by atoms with Crippen LogP contribution in [0, 0.1) is 0 Å². The summed E-state index contributed by atoms with van der Waals surface area (Å²) in [5.41, 5.74) is 1.76. The number of rotatable bonds is 6. The van der Waals surface area contributed by atoms with Crippen LogP contribution in [0.4, 0.5) is 16.2 Å². The van der Waals surface area contributed by atoms with Crippen molar-refractivity contribution in [2.45, 2.75) is 12.5 Å². The van der Waals surface area contributed by atoms with Crippen molar-refractivity contribution in [3.63, 3.8) is 0 Å². The second kappa shape index (κ2) is 9.89. The number of anilines is 2. The number of urea groups is 1. The van der Waals surface area contributed by atoms with Crippen molar-refractivity contribution in [3.05, 3.63) is 42.5 Å². The number of methoxy groups -OCH3 is 3. The Balaban J connectivity index is 1.33. The average Bonchev–Trinajstić information content (AvgIpc) is 3.23. The SMILES string of the molecule is COc1ccc(N2C[C@@H](NC(=O)N3CCN(c4ccccc4OC)CC3)CC2=O)cc1OC. The van der Waals surface area contributed by atoms with Crippen LogP contribution < -0.4 is 29.3 Å². The molecule has 0 aromatic heterocycles. The van der Waals surface area contributed by atoms with Crippen LogP contribution in [0.25, 0.3) is 0 Å². The number of piperazine rings is 1. The van der Waals surface area contributed by atoms with Gasteiger partial charge in [0.05, 0.1) is 33.1 Å². The first-order chi connectivity index (χ1) is 16.0. The molecule has 0 spiro atoms. The van der Waals surface area contributed by atoms with Gasteiger partial charge in [-0.15, -0.1) is 0 Å². The van der Waals surface area contributed by atoms with Crippen molar-refractivity contribution < 1.29 is 23.8 Å². The molecule has 2 fully saturated rings. The molecule has 3 amide bonds. The second-order valence-electron chi connectivity index (χ2n) is 8.04. The van der Waals surface area contributed by atoms with Crippen molar-refractivity contribution >= 4 is 23.3 Å². The van der Waals surface area contributed by atoms with Crippen LogP contribution >= 0.6 is 0 Å². The zero-order chi connectivity index (χ0) is 23.4. The molecule has 9 heteroatoms. The minimum atomic E-state index is -0.245. The molecule has 0 saturated carbocycles. The number of carbonyl (C=O) groups is 2. The number of nitrogens with one attached hydrogen (secondary N) is 1. The molecule has 176 valence electrons. The third-order valence-electron chi connectivity index (χ3n) is 6.12. The van der Waals surface area contributed by atoms with Gasteiger partial charge >= 0.3 is 6.03 Å². The van der Waals surface area contributed by atoms with Crippen LogP contribution in [-0.2, 0) is 4.79 Å². The summed E-state index contributed by atoms with van der Waals surface area (Å²) >= 11 is 0. The highest BCUT2D eigenvalue weighted by molar-refractivity contribution is 5.97. The molecule has 0 aliphatic carbocycles. The van der Waals surface area contributed by atoms with Crippen molar-refractivity contribution in [1.82, 2.24) is 10.2 Å². The summed E-state index contributed by atoms with van der Waals surface area (Å²) in [6, 6.07) is 12.9. The van der Waals surface area contributed by atoms with E-state index in [0.717, 1.165) is 30.2 Å². The van der Waals surface area contributed by atoms with Gasteiger partial charge in [0, 0.05) is 50.9 Å². The molecule has 2 saturated heterocycles. The van der Waals surface area contributed by atoms with E-state index in [4.69, 9.17) is 14.2 Å². The fraction of sp³-hybridized carbons (Fsp3) is 0.417. The van der Waals surface area contributed by atoms with Crippen molar-refractivity contribution in [2.24, 2.45) is 0 Å². The van der Waals surface area contributed by atoms with E-state index in [1.165, 1.54) is 0 Å². The van der Waals surface area contributed by atoms with Crippen molar-refractivity contribution in [2.75, 3.05) is 63.9 Å². The van der Waals surface area contributed by atoms with E-state index in [-0.39, 0.29) is 24.4 Å². The molecule has 2 heterocycles. The Labute approximate surface area is 193 Å². The van der Waals surface area contributed by atoms with Gasteiger partial charge in [-0.1, -0.05) is 12.1 Å². The van der Waals surface area contributed by atoms with Gasteiger partial charge in [-0.25, -0.2) is 4.79 Å². The Hall–Kier alpha value is -3.62. The molecule has 2 aliphatic heterocycles. The number of nitrogens with zero attached hydrogens (tertiary/aromatic N) is 3. The largest absolute Gasteiger partial charge is 0.495 e. The van der Waals surface area contributed by atoms with E-state index in [1.807, 2.05) is 30.3 Å². The Bertz CT molecular complexity index is 1010. The predicted molar refractivity (Wildman–Crippen MR) is 126 cm³/mol. The normalized spacial score (nSPS) is 18.3. The fourth-order valence-corrected chi connectivity index (χ4v) is 4.35. The maximum atomic E-state index is 12.9.